The zero-order valence-electron chi connectivity index (χ0n) is 11.6. The Morgan fingerprint density at radius 3 is 2.42 bits per heavy atom. The normalized spacial score (nSPS) is 37.5. The molecule has 0 aromatic heterocycles. The lowest BCUT2D eigenvalue weighted by molar-refractivity contribution is -0.148. The Morgan fingerprint density at radius 2 is 1.84 bits per heavy atom. The Morgan fingerprint density at radius 1 is 1.16 bits per heavy atom. The molecule has 3 rings (SSSR count). The quantitative estimate of drug-likeness (QED) is 0.841. The van der Waals surface area contributed by atoms with Crippen molar-refractivity contribution >= 4 is 18.3 Å². The van der Waals surface area contributed by atoms with E-state index in [2.05, 4.69) is 5.32 Å². The highest BCUT2D eigenvalue weighted by atomic mass is 35.5. The van der Waals surface area contributed by atoms with E-state index in [9.17, 15) is 4.79 Å². The van der Waals surface area contributed by atoms with Gasteiger partial charge in [-0.3, -0.25) is 4.79 Å². The van der Waals surface area contributed by atoms with E-state index in [4.69, 9.17) is 4.74 Å². The van der Waals surface area contributed by atoms with Crippen LogP contribution in [-0.2, 0) is 9.53 Å². The minimum Gasteiger partial charge on any atom is -0.368 e. The molecule has 4 nitrogen and oxygen atoms in total. The van der Waals surface area contributed by atoms with Gasteiger partial charge in [0.2, 0.25) is 0 Å². The van der Waals surface area contributed by atoms with E-state index in [1.54, 1.807) is 0 Å². The first-order chi connectivity index (χ1) is 8.74. The number of likely N-dealkylation sites (N-methyl/N-ethyl adjacent to an activating group) is 1. The molecule has 0 aromatic carbocycles. The molecule has 1 N–H and O–H groups in total. The molecular weight excluding hydrogens is 264 g/mol. The molecule has 3 unspecified atom stereocenters. The van der Waals surface area contributed by atoms with Crippen molar-refractivity contribution in [2.45, 2.75) is 69.2 Å². The zero-order valence-corrected chi connectivity index (χ0v) is 12.5. The number of halogens is 1. The van der Waals surface area contributed by atoms with Crippen LogP contribution in [0.25, 0.3) is 0 Å². The first-order valence-corrected chi connectivity index (χ1v) is 7.38. The van der Waals surface area contributed by atoms with Gasteiger partial charge in [-0.1, -0.05) is 0 Å². The minimum atomic E-state index is -0.170. The summed E-state index contributed by atoms with van der Waals surface area (Å²) in [5.41, 5.74) is 0. The van der Waals surface area contributed by atoms with Gasteiger partial charge >= 0.3 is 0 Å². The molecule has 0 saturated carbocycles. The number of carbonyl (C=O) groups excluding carboxylic acids is 1. The summed E-state index contributed by atoms with van der Waals surface area (Å²) in [5, 5.41) is 3.62. The van der Waals surface area contributed by atoms with Crippen LogP contribution in [0.2, 0.25) is 0 Å². The monoisotopic (exact) mass is 288 g/mol. The van der Waals surface area contributed by atoms with E-state index < -0.39 is 0 Å². The van der Waals surface area contributed by atoms with Gasteiger partial charge in [-0.15, -0.1) is 12.4 Å². The van der Waals surface area contributed by atoms with Gasteiger partial charge in [0.05, 0.1) is 0 Å². The number of hydrogen-bond donors (Lipinski definition) is 1. The largest absolute Gasteiger partial charge is 0.368 e. The van der Waals surface area contributed by atoms with E-state index in [1.807, 2.05) is 11.9 Å². The van der Waals surface area contributed by atoms with E-state index in [0.29, 0.717) is 18.1 Å². The molecule has 3 aliphatic heterocycles. The fourth-order valence-corrected chi connectivity index (χ4v) is 3.69. The number of rotatable bonds is 2. The van der Waals surface area contributed by atoms with Gasteiger partial charge in [0.25, 0.3) is 5.91 Å². The molecule has 5 heteroatoms. The lowest BCUT2D eigenvalue weighted by Gasteiger charge is -2.37. The third-order valence-corrected chi connectivity index (χ3v) is 4.80. The van der Waals surface area contributed by atoms with E-state index in [-0.39, 0.29) is 24.4 Å². The average molecular weight is 289 g/mol. The van der Waals surface area contributed by atoms with Crippen LogP contribution in [0, 0.1) is 0 Å². The molecule has 1 amide bonds. The average Bonchev–Trinajstić information content (AvgIpc) is 2.77. The second-order valence-corrected chi connectivity index (χ2v) is 6.07. The van der Waals surface area contributed by atoms with Crippen LogP contribution in [0.15, 0.2) is 0 Å². The maximum absolute atomic E-state index is 12.4. The highest BCUT2D eigenvalue weighted by molar-refractivity contribution is 5.85. The van der Waals surface area contributed by atoms with Crippen LogP contribution >= 0.6 is 12.4 Å². The van der Waals surface area contributed by atoms with Gasteiger partial charge in [-0.25, -0.2) is 0 Å². The maximum Gasteiger partial charge on any atom is 0.251 e. The van der Waals surface area contributed by atoms with Gasteiger partial charge in [-0.05, 0) is 44.9 Å². The van der Waals surface area contributed by atoms with E-state index in [1.165, 1.54) is 12.8 Å². The predicted molar refractivity (Wildman–Crippen MR) is 76.6 cm³/mol. The Balaban J connectivity index is 0.00000133. The van der Waals surface area contributed by atoms with Gasteiger partial charge in [0.1, 0.15) is 6.10 Å². The van der Waals surface area contributed by atoms with E-state index in [0.717, 1.165) is 38.7 Å². The lowest BCUT2D eigenvalue weighted by atomic mass is 9.97. The third kappa shape index (κ3) is 3.23. The van der Waals surface area contributed by atoms with Crippen molar-refractivity contribution in [3.63, 3.8) is 0 Å². The number of nitrogens with zero attached hydrogens (tertiary/aromatic N) is 1. The number of carbonyl (C=O) groups is 1. The van der Waals surface area contributed by atoms with Crippen molar-refractivity contribution in [3.8, 4) is 0 Å². The summed E-state index contributed by atoms with van der Waals surface area (Å²) in [5.74, 6) is 0.209. The highest BCUT2D eigenvalue weighted by Gasteiger charge is 2.38. The molecule has 3 heterocycles. The highest BCUT2D eigenvalue weighted by Crippen LogP contribution is 2.30. The van der Waals surface area contributed by atoms with Crippen LogP contribution in [0.5, 0.6) is 0 Å². The van der Waals surface area contributed by atoms with Crippen molar-refractivity contribution in [1.29, 1.82) is 0 Å². The summed E-state index contributed by atoms with van der Waals surface area (Å²) < 4.78 is 5.61. The molecule has 3 atom stereocenters. The molecule has 19 heavy (non-hydrogen) atoms. The van der Waals surface area contributed by atoms with Gasteiger partial charge in [0, 0.05) is 31.8 Å². The van der Waals surface area contributed by atoms with Crippen LogP contribution in [0.1, 0.15) is 44.9 Å². The molecule has 0 radical (unpaired) electrons. The van der Waals surface area contributed by atoms with Gasteiger partial charge in [0.15, 0.2) is 0 Å². The Bertz CT molecular complexity index is 309. The first-order valence-electron chi connectivity index (χ1n) is 7.38. The third-order valence-electron chi connectivity index (χ3n) is 4.80. The maximum atomic E-state index is 12.4. The standard InChI is InChI=1S/C14H24N2O2.ClH/c1-16(14(17)13-4-2-3-7-18-13)12-8-10-5-6-11(9-12)15-10;/h10-13,15H,2-9H2,1H3;1H. The summed E-state index contributed by atoms with van der Waals surface area (Å²) in [6.45, 7) is 0.752. The number of piperidine rings is 1. The molecule has 2 bridgehead atoms. The fraction of sp³-hybridized carbons (Fsp3) is 0.929. The molecule has 110 valence electrons. The van der Waals surface area contributed by atoms with Crippen molar-refractivity contribution in [1.82, 2.24) is 10.2 Å². The predicted octanol–water partition coefficient (Wildman–Crippen LogP) is 1.72. The van der Waals surface area contributed by atoms with Crippen molar-refractivity contribution < 1.29 is 9.53 Å². The lowest BCUT2D eigenvalue weighted by Crippen LogP contribution is -2.51. The molecule has 3 saturated heterocycles. The molecule has 3 aliphatic rings. The Labute approximate surface area is 121 Å². The van der Waals surface area contributed by atoms with Crippen LogP contribution in [-0.4, -0.2) is 48.7 Å². The van der Waals surface area contributed by atoms with Crippen LogP contribution in [0.3, 0.4) is 0 Å². The molecule has 3 fully saturated rings. The Kier molecular flexibility index (Phi) is 5.09. The minimum absolute atomic E-state index is 0. The second-order valence-electron chi connectivity index (χ2n) is 6.07. The van der Waals surface area contributed by atoms with E-state index >= 15 is 0 Å². The molecule has 0 aliphatic carbocycles. The van der Waals surface area contributed by atoms with Crippen molar-refractivity contribution in [3.05, 3.63) is 0 Å². The zero-order chi connectivity index (χ0) is 12.5. The first kappa shape index (κ1) is 15.1. The number of amides is 1. The Hall–Kier alpha value is -0.320. The summed E-state index contributed by atoms with van der Waals surface area (Å²) in [6, 6.07) is 1.69. The topological polar surface area (TPSA) is 41.6 Å². The fourth-order valence-electron chi connectivity index (χ4n) is 3.69. The molecule has 0 spiro atoms. The molecule has 0 aromatic rings. The summed E-state index contributed by atoms with van der Waals surface area (Å²) in [7, 11) is 1.97. The van der Waals surface area contributed by atoms with Crippen molar-refractivity contribution in [2.24, 2.45) is 0 Å². The number of hydrogen-bond acceptors (Lipinski definition) is 3. The van der Waals surface area contributed by atoms with Gasteiger partial charge < -0.3 is 15.0 Å². The van der Waals surface area contributed by atoms with Crippen LogP contribution < -0.4 is 5.32 Å². The summed E-state index contributed by atoms with van der Waals surface area (Å²) in [6.07, 6.45) is 7.76. The van der Waals surface area contributed by atoms with Crippen molar-refractivity contribution in [2.75, 3.05) is 13.7 Å². The number of nitrogens with one attached hydrogen (secondary N) is 1. The summed E-state index contributed by atoms with van der Waals surface area (Å²) in [4.78, 5) is 14.4. The van der Waals surface area contributed by atoms with Crippen LogP contribution in [0.4, 0.5) is 0 Å². The van der Waals surface area contributed by atoms with Gasteiger partial charge in [-0.2, -0.15) is 0 Å². The number of fused-ring (bicyclic) bond motifs is 2. The SMILES string of the molecule is CN(C(=O)C1CCCCO1)C1CC2CCC(C1)N2.Cl. The summed E-state index contributed by atoms with van der Waals surface area (Å²) >= 11 is 0. The smallest absolute Gasteiger partial charge is 0.251 e. The number of ether oxygens (including phenoxy) is 1. The second kappa shape index (κ2) is 6.42. The molecular formula is C14H25ClN2O2.